The molecule has 2 aromatic rings. The zero-order valence-electron chi connectivity index (χ0n) is 14.9. The molecule has 0 saturated heterocycles. The molecule has 1 aromatic carbocycles. The first-order chi connectivity index (χ1) is 12.2. The molecule has 0 N–H and O–H groups in total. The van der Waals surface area contributed by atoms with E-state index in [0.717, 1.165) is 36.0 Å². The van der Waals surface area contributed by atoms with Gasteiger partial charge in [0.25, 0.3) is 0 Å². The van der Waals surface area contributed by atoms with Gasteiger partial charge in [0.15, 0.2) is 5.78 Å². The summed E-state index contributed by atoms with van der Waals surface area (Å²) in [6, 6.07) is 9.01. The van der Waals surface area contributed by atoms with E-state index in [2.05, 4.69) is 29.8 Å². The van der Waals surface area contributed by atoms with Crippen molar-refractivity contribution in [3.05, 3.63) is 29.5 Å². The molecule has 2 fully saturated rings. The number of hydrogen-bond acceptors (Lipinski definition) is 3. The van der Waals surface area contributed by atoms with E-state index >= 15 is 0 Å². The third-order valence-electron chi connectivity index (χ3n) is 6.15. The second-order valence-corrected chi connectivity index (χ2v) is 7.56. The van der Waals surface area contributed by atoms with Crippen molar-refractivity contribution in [1.29, 1.82) is 5.26 Å². The van der Waals surface area contributed by atoms with Gasteiger partial charge in [-0.1, -0.05) is 38.3 Å². The van der Waals surface area contributed by atoms with Gasteiger partial charge in [-0.25, -0.2) is 0 Å². The van der Waals surface area contributed by atoms with Gasteiger partial charge >= 0.3 is 0 Å². The highest BCUT2D eigenvalue weighted by Crippen LogP contribution is 2.39. The molecule has 2 aliphatic rings. The predicted molar refractivity (Wildman–Crippen MR) is 97.4 cm³/mol. The molecular weight excluding hydrogens is 310 g/mol. The number of aromatic nitrogens is 2. The van der Waals surface area contributed by atoms with Crippen LogP contribution in [0.2, 0.25) is 0 Å². The summed E-state index contributed by atoms with van der Waals surface area (Å²) in [5.74, 6) is 0.0863. The molecule has 1 heterocycles. The van der Waals surface area contributed by atoms with E-state index < -0.39 is 5.41 Å². The molecule has 25 heavy (non-hydrogen) atoms. The fraction of sp³-hybridized carbons (Fsp3) is 0.571. The molecule has 0 bridgehead atoms. The topological polar surface area (TPSA) is 58.7 Å². The van der Waals surface area contributed by atoms with Crippen LogP contribution in [0.5, 0.6) is 0 Å². The normalized spacial score (nSPS) is 24.7. The Morgan fingerprint density at radius 1 is 1.28 bits per heavy atom. The molecule has 0 spiro atoms. The third kappa shape index (κ3) is 2.49. The molecule has 2 saturated carbocycles. The Kier molecular flexibility index (Phi) is 4.11. The van der Waals surface area contributed by atoms with Crippen LogP contribution in [0.1, 0.15) is 75.6 Å². The van der Waals surface area contributed by atoms with E-state index in [4.69, 9.17) is 5.10 Å². The monoisotopic (exact) mass is 335 g/mol. The first kappa shape index (κ1) is 16.3. The predicted octanol–water partition coefficient (Wildman–Crippen LogP) is 4.62. The Balaban J connectivity index is 1.88. The molecule has 4 nitrogen and oxygen atoms in total. The van der Waals surface area contributed by atoms with Gasteiger partial charge in [-0.05, 0) is 43.7 Å². The van der Waals surface area contributed by atoms with Gasteiger partial charge in [0.1, 0.15) is 5.41 Å². The lowest BCUT2D eigenvalue weighted by Crippen LogP contribution is -2.37. The zero-order valence-corrected chi connectivity index (χ0v) is 14.9. The SMILES string of the molecule is CCc1nn(C2CCCC2)c2cc(C3(C#N)CCCCC3=O)ccc12. The molecular formula is C21H25N3O. The van der Waals surface area contributed by atoms with E-state index in [9.17, 15) is 10.1 Å². The molecule has 1 atom stereocenters. The minimum Gasteiger partial charge on any atom is -0.298 e. The van der Waals surface area contributed by atoms with Crippen molar-refractivity contribution in [2.75, 3.05) is 0 Å². The fourth-order valence-corrected chi connectivity index (χ4v) is 4.67. The van der Waals surface area contributed by atoms with Gasteiger partial charge < -0.3 is 0 Å². The first-order valence-corrected chi connectivity index (χ1v) is 9.66. The minimum absolute atomic E-state index is 0.0863. The number of Topliss-reactive ketones (excluding diaryl/α,β-unsaturated/α-hetero) is 1. The average molecular weight is 335 g/mol. The lowest BCUT2D eigenvalue weighted by atomic mass is 9.69. The summed E-state index contributed by atoms with van der Waals surface area (Å²) in [6.07, 6.45) is 8.78. The van der Waals surface area contributed by atoms with Crippen molar-refractivity contribution in [3.63, 3.8) is 0 Å². The summed E-state index contributed by atoms with van der Waals surface area (Å²) in [6.45, 7) is 2.14. The van der Waals surface area contributed by atoms with Gasteiger partial charge in [-0.3, -0.25) is 9.48 Å². The second-order valence-electron chi connectivity index (χ2n) is 7.56. The number of fused-ring (bicyclic) bond motifs is 1. The number of hydrogen-bond donors (Lipinski definition) is 0. The summed E-state index contributed by atoms with van der Waals surface area (Å²) in [7, 11) is 0. The van der Waals surface area contributed by atoms with Crippen LogP contribution in [0, 0.1) is 11.3 Å². The fourth-order valence-electron chi connectivity index (χ4n) is 4.67. The quantitative estimate of drug-likeness (QED) is 0.822. The Morgan fingerprint density at radius 2 is 2.08 bits per heavy atom. The van der Waals surface area contributed by atoms with Crippen LogP contribution in [0.25, 0.3) is 10.9 Å². The van der Waals surface area contributed by atoms with E-state index in [1.807, 2.05) is 6.07 Å². The van der Waals surface area contributed by atoms with Crippen molar-refractivity contribution < 1.29 is 4.79 Å². The van der Waals surface area contributed by atoms with Crippen LogP contribution in [-0.2, 0) is 16.6 Å². The standard InChI is InChI=1S/C21H25N3O/c1-2-18-17-11-10-15(21(14-22)12-6-5-9-20(21)25)13-19(17)24(23-18)16-7-3-4-8-16/h10-11,13,16H,2-9,12H2,1H3. The Labute approximate surface area is 148 Å². The van der Waals surface area contributed by atoms with Gasteiger partial charge in [-0.15, -0.1) is 0 Å². The molecule has 0 amide bonds. The van der Waals surface area contributed by atoms with Gasteiger partial charge in [-0.2, -0.15) is 10.4 Å². The lowest BCUT2D eigenvalue weighted by Gasteiger charge is -2.29. The molecule has 130 valence electrons. The van der Waals surface area contributed by atoms with Gasteiger partial charge in [0, 0.05) is 11.8 Å². The molecule has 4 rings (SSSR count). The van der Waals surface area contributed by atoms with Crippen molar-refractivity contribution in [2.24, 2.45) is 0 Å². The highest BCUT2D eigenvalue weighted by atomic mass is 16.1. The highest BCUT2D eigenvalue weighted by molar-refractivity contribution is 5.95. The zero-order chi connectivity index (χ0) is 17.4. The van der Waals surface area contributed by atoms with Gasteiger partial charge in [0.2, 0.25) is 0 Å². The number of benzene rings is 1. The third-order valence-corrected chi connectivity index (χ3v) is 6.15. The maximum absolute atomic E-state index is 12.6. The molecule has 0 radical (unpaired) electrons. The second kappa shape index (κ2) is 6.29. The van der Waals surface area contributed by atoms with Crippen LogP contribution >= 0.6 is 0 Å². The molecule has 0 aliphatic heterocycles. The number of nitriles is 1. The van der Waals surface area contributed by atoms with Gasteiger partial charge in [0.05, 0.1) is 23.3 Å². The molecule has 1 aromatic heterocycles. The number of carbonyl (C=O) groups is 1. The molecule has 2 aliphatic carbocycles. The highest BCUT2D eigenvalue weighted by Gasteiger charge is 2.42. The molecule has 4 heteroatoms. The van der Waals surface area contributed by atoms with Crippen molar-refractivity contribution >= 4 is 16.7 Å². The minimum atomic E-state index is -0.955. The smallest absolute Gasteiger partial charge is 0.157 e. The van der Waals surface area contributed by atoms with Crippen LogP contribution in [0.3, 0.4) is 0 Å². The van der Waals surface area contributed by atoms with E-state index in [1.165, 1.54) is 31.1 Å². The van der Waals surface area contributed by atoms with Crippen molar-refractivity contribution in [1.82, 2.24) is 9.78 Å². The van der Waals surface area contributed by atoms with Crippen molar-refractivity contribution in [2.45, 2.75) is 76.2 Å². The largest absolute Gasteiger partial charge is 0.298 e. The Morgan fingerprint density at radius 3 is 2.76 bits per heavy atom. The summed E-state index contributed by atoms with van der Waals surface area (Å²) in [4.78, 5) is 12.6. The van der Waals surface area contributed by atoms with E-state index in [1.54, 1.807) is 0 Å². The number of carbonyl (C=O) groups excluding carboxylic acids is 1. The number of aryl methyl sites for hydroxylation is 1. The summed E-state index contributed by atoms with van der Waals surface area (Å²) < 4.78 is 2.18. The summed E-state index contributed by atoms with van der Waals surface area (Å²) in [5, 5.41) is 15.9. The summed E-state index contributed by atoms with van der Waals surface area (Å²) in [5.41, 5.74) is 2.14. The summed E-state index contributed by atoms with van der Waals surface area (Å²) >= 11 is 0. The number of nitrogens with zero attached hydrogens (tertiary/aromatic N) is 3. The number of ketones is 1. The van der Waals surface area contributed by atoms with Crippen LogP contribution < -0.4 is 0 Å². The maximum Gasteiger partial charge on any atom is 0.157 e. The van der Waals surface area contributed by atoms with Crippen LogP contribution in [0.15, 0.2) is 18.2 Å². The maximum atomic E-state index is 12.6. The Hall–Kier alpha value is -2.15. The van der Waals surface area contributed by atoms with E-state index in [-0.39, 0.29) is 5.78 Å². The molecule has 1 unspecified atom stereocenters. The van der Waals surface area contributed by atoms with Crippen LogP contribution in [0.4, 0.5) is 0 Å². The first-order valence-electron chi connectivity index (χ1n) is 9.66. The van der Waals surface area contributed by atoms with Crippen LogP contribution in [-0.4, -0.2) is 15.6 Å². The lowest BCUT2D eigenvalue weighted by molar-refractivity contribution is -0.124. The van der Waals surface area contributed by atoms with E-state index in [0.29, 0.717) is 18.9 Å². The average Bonchev–Trinajstić information content (AvgIpc) is 3.29. The Bertz CT molecular complexity index is 854. The van der Waals surface area contributed by atoms with Crippen molar-refractivity contribution in [3.8, 4) is 6.07 Å². The number of rotatable bonds is 3.